The van der Waals surface area contributed by atoms with Crippen LogP contribution in [-0.2, 0) is 9.59 Å². The molecule has 142 valence electrons. The van der Waals surface area contributed by atoms with Crippen molar-refractivity contribution in [2.24, 2.45) is 11.8 Å². The van der Waals surface area contributed by atoms with Crippen molar-refractivity contribution in [1.29, 1.82) is 0 Å². The van der Waals surface area contributed by atoms with Crippen LogP contribution in [0.15, 0.2) is 30.3 Å². The number of hydrogen-bond acceptors (Lipinski definition) is 4. The number of nitrogens with one attached hydrogen (secondary N) is 2. The third-order valence-electron chi connectivity index (χ3n) is 5.34. The van der Waals surface area contributed by atoms with E-state index in [1.54, 1.807) is 4.90 Å². The molecule has 26 heavy (non-hydrogen) atoms. The molecule has 0 aromatic heterocycles. The normalized spacial score (nSPS) is 20.8. The Morgan fingerprint density at radius 3 is 2.62 bits per heavy atom. The third-order valence-corrected chi connectivity index (χ3v) is 5.34. The van der Waals surface area contributed by atoms with Gasteiger partial charge in [-0.05, 0) is 56.8 Å². The maximum Gasteiger partial charge on any atom is 0.260 e. The summed E-state index contributed by atoms with van der Waals surface area (Å²) >= 11 is 0. The molecule has 2 saturated heterocycles. The monoisotopic (exact) mass is 359 g/mol. The van der Waals surface area contributed by atoms with Gasteiger partial charge in [0.05, 0.1) is 0 Å². The number of para-hydroxylation sites is 1. The van der Waals surface area contributed by atoms with E-state index in [0.29, 0.717) is 24.8 Å². The first-order valence-corrected chi connectivity index (χ1v) is 9.66. The molecule has 0 aliphatic carbocycles. The number of carbonyl (C=O) groups excluding carboxylic acids is 2. The van der Waals surface area contributed by atoms with Gasteiger partial charge in [-0.25, -0.2) is 0 Å². The van der Waals surface area contributed by atoms with E-state index in [4.69, 9.17) is 4.74 Å². The van der Waals surface area contributed by atoms with Crippen LogP contribution >= 0.6 is 0 Å². The maximum atomic E-state index is 12.3. The lowest BCUT2D eigenvalue weighted by Crippen LogP contribution is -2.44. The number of ether oxygens (including phenoxy) is 1. The van der Waals surface area contributed by atoms with Crippen LogP contribution in [0.4, 0.5) is 0 Å². The van der Waals surface area contributed by atoms with Gasteiger partial charge in [-0.2, -0.15) is 0 Å². The Labute approximate surface area is 155 Å². The van der Waals surface area contributed by atoms with Crippen molar-refractivity contribution in [3.05, 3.63) is 30.3 Å². The predicted molar refractivity (Wildman–Crippen MR) is 99.8 cm³/mol. The lowest BCUT2D eigenvalue weighted by atomic mass is 9.95. The molecule has 0 bridgehead atoms. The quantitative estimate of drug-likeness (QED) is 0.772. The summed E-state index contributed by atoms with van der Waals surface area (Å²) in [5.41, 5.74) is 0. The first kappa shape index (κ1) is 18.7. The molecule has 6 nitrogen and oxygen atoms in total. The van der Waals surface area contributed by atoms with Crippen molar-refractivity contribution in [3.8, 4) is 5.75 Å². The number of piperidine rings is 1. The number of rotatable bonds is 7. The highest BCUT2D eigenvalue weighted by Gasteiger charge is 2.27. The second-order valence-corrected chi connectivity index (χ2v) is 7.20. The molecule has 1 atom stereocenters. The average molecular weight is 359 g/mol. The van der Waals surface area contributed by atoms with Crippen LogP contribution in [0.3, 0.4) is 0 Å². The summed E-state index contributed by atoms with van der Waals surface area (Å²) in [6.07, 6.45) is 3.72. The molecule has 1 aromatic carbocycles. The van der Waals surface area contributed by atoms with Crippen molar-refractivity contribution < 1.29 is 14.3 Å². The summed E-state index contributed by atoms with van der Waals surface area (Å²) in [4.78, 5) is 26.4. The minimum absolute atomic E-state index is 0.0126. The molecule has 6 heteroatoms. The molecule has 1 aromatic rings. The Hall–Kier alpha value is -2.08. The van der Waals surface area contributed by atoms with E-state index >= 15 is 0 Å². The van der Waals surface area contributed by atoms with Crippen LogP contribution in [0.25, 0.3) is 0 Å². The summed E-state index contributed by atoms with van der Waals surface area (Å²) in [5.74, 6) is 1.55. The van der Waals surface area contributed by atoms with Gasteiger partial charge in [-0.1, -0.05) is 18.2 Å². The molecule has 2 N–H and O–H groups in total. The Bertz CT molecular complexity index is 579. The summed E-state index contributed by atoms with van der Waals surface area (Å²) in [6.45, 7) is 4.23. The van der Waals surface area contributed by atoms with Crippen LogP contribution in [0, 0.1) is 11.8 Å². The topological polar surface area (TPSA) is 70.7 Å². The lowest BCUT2D eigenvalue weighted by molar-refractivity contribution is -0.137. The highest BCUT2D eigenvalue weighted by molar-refractivity contribution is 5.80. The third kappa shape index (κ3) is 5.46. The summed E-state index contributed by atoms with van der Waals surface area (Å²) in [5, 5.41) is 6.42. The molecule has 3 rings (SSSR count). The van der Waals surface area contributed by atoms with Gasteiger partial charge in [0.1, 0.15) is 5.75 Å². The largest absolute Gasteiger partial charge is 0.484 e. The second kappa shape index (κ2) is 9.57. The molecule has 0 saturated carbocycles. The average Bonchev–Trinajstić information content (AvgIpc) is 3.20. The summed E-state index contributed by atoms with van der Waals surface area (Å²) < 4.78 is 5.52. The Morgan fingerprint density at radius 1 is 1.15 bits per heavy atom. The van der Waals surface area contributed by atoms with Crippen LogP contribution in [0.2, 0.25) is 0 Å². The molecule has 0 radical (unpaired) electrons. The highest BCUT2D eigenvalue weighted by Crippen LogP contribution is 2.18. The predicted octanol–water partition coefficient (Wildman–Crippen LogP) is 1.42. The number of benzene rings is 1. The molecule has 2 aliphatic rings. The zero-order chi connectivity index (χ0) is 18.2. The van der Waals surface area contributed by atoms with Crippen molar-refractivity contribution in [3.63, 3.8) is 0 Å². The molecular formula is C20H29N3O3. The van der Waals surface area contributed by atoms with Crippen LogP contribution < -0.4 is 15.4 Å². The van der Waals surface area contributed by atoms with Crippen LogP contribution in [0.5, 0.6) is 5.75 Å². The van der Waals surface area contributed by atoms with Gasteiger partial charge >= 0.3 is 0 Å². The van der Waals surface area contributed by atoms with Gasteiger partial charge in [0.2, 0.25) is 5.91 Å². The van der Waals surface area contributed by atoms with Crippen molar-refractivity contribution in [2.45, 2.75) is 25.7 Å². The standard InChI is InChI=1S/C20H29N3O3/c24-19(15-26-18-4-2-1-3-5-18)23-12-8-17(9-13-23)20(25)22-11-7-16-6-10-21-14-16/h1-5,16-17,21H,6-15H2,(H,22,25). The minimum Gasteiger partial charge on any atom is -0.484 e. The number of amides is 2. The molecule has 1 unspecified atom stereocenters. The number of hydrogen-bond donors (Lipinski definition) is 2. The maximum absolute atomic E-state index is 12.3. The van der Waals surface area contributed by atoms with E-state index in [1.165, 1.54) is 6.42 Å². The Kier molecular flexibility index (Phi) is 6.89. The van der Waals surface area contributed by atoms with Gasteiger partial charge in [0.25, 0.3) is 5.91 Å². The van der Waals surface area contributed by atoms with Gasteiger partial charge in [0.15, 0.2) is 6.61 Å². The summed E-state index contributed by atoms with van der Waals surface area (Å²) in [6, 6.07) is 9.35. The second-order valence-electron chi connectivity index (χ2n) is 7.20. The van der Waals surface area contributed by atoms with E-state index in [9.17, 15) is 9.59 Å². The van der Waals surface area contributed by atoms with Gasteiger partial charge in [-0.15, -0.1) is 0 Å². The minimum atomic E-state index is -0.0126. The molecular weight excluding hydrogens is 330 g/mol. The first-order chi connectivity index (χ1) is 12.7. The fourth-order valence-corrected chi connectivity index (χ4v) is 3.65. The van der Waals surface area contributed by atoms with E-state index in [0.717, 1.165) is 38.9 Å². The fourth-order valence-electron chi connectivity index (χ4n) is 3.65. The zero-order valence-electron chi connectivity index (χ0n) is 15.3. The number of likely N-dealkylation sites (tertiary alicyclic amines) is 1. The molecule has 2 amide bonds. The molecule has 2 aliphatic heterocycles. The zero-order valence-corrected chi connectivity index (χ0v) is 15.3. The molecule has 0 spiro atoms. The van der Waals surface area contributed by atoms with E-state index in [1.807, 2.05) is 30.3 Å². The number of carbonyl (C=O) groups is 2. The van der Waals surface area contributed by atoms with Gasteiger partial charge < -0.3 is 20.3 Å². The number of nitrogens with zero attached hydrogens (tertiary/aromatic N) is 1. The van der Waals surface area contributed by atoms with Gasteiger partial charge in [0, 0.05) is 25.6 Å². The van der Waals surface area contributed by atoms with E-state index in [2.05, 4.69) is 10.6 Å². The molecule has 2 fully saturated rings. The fraction of sp³-hybridized carbons (Fsp3) is 0.600. The first-order valence-electron chi connectivity index (χ1n) is 9.66. The highest BCUT2D eigenvalue weighted by atomic mass is 16.5. The van der Waals surface area contributed by atoms with Crippen molar-refractivity contribution >= 4 is 11.8 Å². The van der Waals surface area contributed by atoms with Crippen LogP contribution in [0.1, 0.15) is 25.7 Å². The Balaban J connectivity index is 1.32. The summed E-state index contributed by atoms with van der Waals surface area (Å²) in [7, 11) is 0. The Morgan fingerprint density at radius 2 is 1.92 bits per heavy atom. The van der Waals surface area contributed by atoms with Crippen LogP contribution in [-0.4, -0.2) is 56.0 Å². The smallest absolute Gasteiger partial charge is 0.260 e. The van der Waals surface area contributed by atoms with Crippen molar-refractivity contribution in [2.75, 3.05) is 39.3 Å². The molecule has 2 heterocycles. The SMILES string of the molecule is O=C(NCCC1CCNC1)C1CCN(C(=O)COc2ccccc2)CC1. The van der Waals surface area contributed by atoms with E-state index < -0.39 is 0 Å². The van der Waals surface area contributed by atoms with Gasteiger partial charge in [-0.3, -0.25) is 9.59 Å². The van der Waals surface area contributed by atoms with E-state index in [-0.39, 0.29) is 24.3 Å². The lowest BCUT2D eigenvalue weighted by Gasteiger charge is -2.31. The van der Waals surface area contributed by atoms with Crippen molar-refractivity contribution in [1.82, 2.24) is 15.5 Å².